The summed E-state index contributed by atoms with van der Waals surface area (Å²) in [4.78, 5) is 12.6. The molecular formula is C21H18BrF3N4O. The van der Waals surface area contributed by atoms with Crippen molar-refractivity contribution in [3.8, 4) is 0 Å². The van der Waals surface area contributed by atoms with E-state index in [1.165, 1.54) is 6.07 Å². The van der Waals surface area contributed by atoms with Crippen molar-refractivity contribution in [3.63, 3.8) is 0 Å². The number of hydrogen-bond donors (Lipinski definition) is 2. The number of alkyl halides is 3. The second kappa shape index (κ2) is 7.79. The maximum absolute atomic E-state index is 13.8. The number of aryl methyl sites for hydroxylation is 1. The van der Waals surface area contributed by atoms with Crippen molar-refractivity contribution in [2.75, 3.05) is 10.6 Å². The van der Waals surface area contributed by atoms with Gasteiger partial charge in [-0.05, 0) is 36.8 Å². The summed E-state index contributed by atoms with van der Waals surface area (Å²) >= 11 is 3.33. The van der Waals surface area contributed by atoms with Crippen molar-refractivity contribution in [2.45, 2.75) is 31.6 Å². The summed E-state index contributed by atoms with van der Waals surface area (Å²) < 4.78 is 43.0. The molecule has 30 heavy (non-hydrogen) atoms. The number of benzene rings is 2. The Kier molecular flexibility index (Phi) is 5.31. The molecule has 0 saturated carbocycles. The van der Waals surface area contributed by atoms with Gasteiger partial charge in [-0.3, -0.25) is 4.79 Å². The molecule has 0 unspecified atom stereocenters. The molecule has 1 amide bonds. The molecule has 0 spiro atoms. The van der Waals surface area contributed by atoms with Crippen LogP contribution in [-0.4, -0.2) is 21.9 Å². The monoisotopic (exact) mass is 478 g/mol. The summed E-state index contributed by atoms with van der Waals surface area (Å²) in [5.41, 5.74) is 2.22. The molecule has 9 heteroatoms. The molecule has 0 bridgehead atoms. The van der Waals surface area contributed by atoms with Crippen LogP contribution in [0.15, 0.2) is 59.1 Å². The predicted octanol–water partition coefficient (Wildman–Crippen LogP) is 5.87. The number of carbonyl (C=O) groups is 1. The van der Waals surface area contributed by atoms with Gasteiger partial charge >= 0.3 is 6.18 Å². The quantitative estimate of drug-likeness (QED) is 0.495. The molecule has 156 valence electrons. The van der Waals surface area contributed by atoms with Crippen molar-refractivity contribution in [1.29, 1.82) is 0 Å². The number of nitrogens with one attached hydrogen (secondary N) is 2. The molecule has 4 rings (SSSR count). The number of anilines is 2. The maximum Gasteiger partial charge on any atom is 0.410 e. The summed E-state index contributed by atoms with van der Waals surface area (Å²) in [6, 6.07) is 13.2. The van der Waals surface area contributed by atoms with Crippen LogP contribution in [0.5, 0.6) is 0 Å². The van der Waals surface area contributed by atoms with Crippen molar-refractivity contribution in [1.82, 2.24) is 9.78 Å². The number of amides is 1. The van der Waals surface area contributed by atoms with Gasteiger partial charge in [0.25, 0.3) is 5.91 Å². The molecule has 5 nitrogen and oxygen atoms in total. The smallest absolute Gasteiger partial charge is 0.363 e. The Morgan fingerprint density at radius 2 is 1.83 bits per heavy atom. The van der Waals surface area contributed by atoms with E-state index >= 15 is 0 Å². The average Bonchev–Trinajstić information content (AvgIpc) is 3.13. The van der Waals surface area contributed by atoms with Crippen LogP contribution in [0.1, 0.15) is 40.1 Å². The highest BCUT2D eigenvalue weighted by molar-refractivity contribution is 9.10. The molecular weight excluding hydrogens is 461 g/mol. The van der Waals surface area contributed by atoms with Gasteiger partial charge in [-0.2, -0.15) is 18.3 Å². The lowest BCUT2D eigenvalue weighted by molar-refractivity contribution is -0.173. The Balaban J connectivity index is 1.63. The fourth-order valence-corrected chi connectivity index (χ4v) is 3.69. The number of nitrogens with zero attached hydrogens (tertiary/aromatic N) is 2. The van der Waals surface area contributed by atoms with Gasteiger partial charge in [0.15, 0.2) is 11.7 Å². The van der Waals surface area contributed by atoms with Crippen molar-refractivity contribution < 1.29 is 18.0 Å². The SMILES string of the molecule is Cc1ccc(NC(=O)c2cc3n(n2)[C@@H](C(F)(F)F)C[C@@H](c2ccc(Br)cc2)N3)cc1. The standard InChI is InChI=1S/C21H18BrF3N4O/c1-12-2-8-15(9-3-12)26-20(30)17-11-19-27-16(13-4-6-14(22)7-5-13)10-18(21(23,24)25)29(19)28-17/h2-9,11,16,18,27H,10H2,1H3,(H,26,30)/t16-,18+/m0/s1. The first-order valence-electron chi connectivity index (χ1n) is 9.27. The van der Waals surface area contributed by atoms with E-state index in [2.05, 4.69) is 31.7 Å². The van der Waals surface area contributed by atoms with Crippen LogP contribution in [0.3, 0.4) is 0 Å². The van der Waals surface area contributed by atoms with Crippen molar-refractivity contribution in [2.24, 2.45) is 0 Å². The van der Waals surface area contributed by atoms with E-state index in [4.69, 9.17) is 0 Å². The Bertz CT molecular complexity index is 1060. The minimum atomic E-state index is -4.50. The fourth-order valence-electron chi connectivity index (χ4n) is 3.43. The van der Waals surface area contributed by atoms with E-state index in [0.717, 1.165) is 20.3 Å². The van der Waals surface area contributed by atoms with Crippen LogP contribution < -0.4 is 10.6 Å². The molecule has 3 aromatic rings. The van der Waals surface area contributed by atoms with E-state index in [-0.39, 0.29) is 17.9 Å². The minimum absolute atomic E-state index is 0.0798. The predicted molar refractivity (Wildman–Crippen MR) is 112 cm³/mol. The summed E-state index contributed by atoms with van der Waals surface area (Å²) in [5, 5.41) is 9.72. The van der Waals surface area contributed by atoms with Gasteiger partial charge in [0, 0.05) is 22.6 Å². The van der Waals surface area contributed by atoms with Crippen LogP contribution in [-0.2, 0) is 0 Å². The minimum Gasteiger partial charge on any atom is -0.363 e. The van der Waals surface area contributed by atoms with Crippen LogP contribution in [0.4, 0.5) is 24.7 Å². The molecule has 2 aromatic carbocycles. The van der Waals surface area contributed by atoms with Crippen LogP contribution in [0, 0.1) is 6.92 Å². The van der Waals surface area contributed by atoms with Crippen LogP contribution in [0.2, 0.25) is 0 Å². The highest BCUT2D eigenvalue weighted by Gasteiger charge is 2.46. The number of rotatable bonds is 3. The molecule has 0 radical (unpaired) electrons. The first-order chi connectivity index (χ1) is 14.2. The Morgan fingerprint density at radius 3 is 2.47 bits per heavy atom. The Hall–Kier alpha value is -2.81. The van der Waals surface area contributed by atoms with Gasteiger partial charge in [-0.15, -0.1) is 0 Å². The first kappa shape index (κ1) is 20.5. The summed E-state index contributed by atoms with van der Waals surface area (Å²) in [6.07, 6.45) is -4.72. The highest BCUT2D eigenvalue weighted by Crippen LogP contribution is 2.43. The number of aromatic nitrogens is 2. The molecule has 1 aliphatic heterocycles. The first-order valence-corrected chi connectivity index (χ1v) is 10.1. The van der Waals surface area contributed by atoms with E-state index in [9.17, 15) is 18.0 Å². The molecule has 1 aromatic heterocycles. The molecule has 2 atom stereocenters. The number of carbonyl (C=O) groups excluding carboxylic acids is 1. The molecule has 0 fully saturated rings. The van der Waals surface area contributed by atoms with Gasteiger partial charge in [0.2, 0.25) is 0 Å². The van der Waals surface area contributed by atoms with Gasteiger partial charge in [0.1, 0.15) is 5.82 Å². The Morgan fingerprint density at radius 1 is 1.17 bits per heavy atom. The Labute approximate surface area is 179 Å². The zero-order valence-corrected chi connectivity index (χ0v) is 17.5. The zero-order chi connectivity index (χ0) is 21.5. The number of fused-ring (bicyclic) bond motifs is 1. The molecule has 2 N–H and O–H groups in total. The maximum atomic E-state index is 13.8. The fraction of sp³-hybridized carbons (Fsp3) is 0.238. The second-order valence-corrected chi connectivity index (χ2v) is 8.14. The summed E-state index contributed by atoms with van der Waals surface area (Å²) in [6.45, 7) is 1.92. The third kappa shape index (κ3) is 4.21. The number of halogens is 4. The lowest BCUT2D eigenvalue weighted by Gasteiger charge is -2.33. The van der Waals surface area contributed by atoms with Gasteiger partial charge in [-0.25, -0.2) is 4.68 Å². The van der Waals surface area contributed by atoms with Crippen LogP contribution in [0.25, 0.3) is 0 Å². The molecule has 2 heterocycles. The summed E-state index contributed by atoms with van der Waals surface area (Å²) in [7, 11) is 0. The second-order valence-electron chi connectivity index (χ2n) is 7.22. The average molecular weight is 479 g/mol. The third-order valence-electron chi connectivity index (χ3n) is 5.00. The van der Waals surface area contributed by atoms with E-state index < -0.39 is 24.2 Å². The van der Waals surface area contributed by atoms with Crippen molar-refractivity contribution in [3.05, 3.63) is 75.9 Å². The van der Waals surface area contributed by atoms with E-state index in [1.807, 2.05) is 19.1 Å². The van der Waals surface area contributed by atoms with Crippen molar-refractivity contribution >= 4 is 33.3 Å². The highest BCUT2D eigenvalue weighted by atomic mass is 79.9. The van der Waals surface area contributed by atoms with Gasteiger partial charge < -0.3 is 10.6 Å². The topological polar surface area (TPSA) is 59.0 Å². The van der Waals surface area contributed by atoms with Gasteiger partial charge in [-0.1, -0.05) is 45.8 Å². The van der Waals surface area contributed by atoms with E-state index in [1.54, 1.807) is 36.4 Å². The third-order valence-corrected chi connectivity index (χ3v) is 5.53. The van der Waals surface area contributed by atoms with Crippen LogP contribution >= 0.6 is 15.9 Å². The van der Waals surface area contributed by atoms with Gasteiger partial charge in [0.05, 0.1) is 6.04 Å². The molecule has 0 aliphatic carbocycles. The largest absolute Gasteiger partial charge is 0.410 e. The molecule has 1 aliphatic rings. The molecule has 0 saturated heterocycles. The van der Waals surface area contributed by atoms with E-state index in [0.29, 0.717) is 5.69 Å². The summed E-state index contributed by atoms with van der Waals surface area (Å²) in [5.74, 6) is -0.408. The normalized spacial score (nSPS) is 18.4. The number of hydrogen-bond acceptors (Lipinski definition) is 3. The zero-order valence-electron chi connectivity index (χ0n) is 15.9. The lowest BCUT2D eigenvalue weighted by atomic mass is 9.97. The lowest BCUT2D eigenvalue weighted by Crippen LogP contribution is -2.35.